The normalized spacial score (nSPS) is 16.5. The summed E-state index contributed by atoms with van der Waals surface area (Å²) in [5, 5.41) is 0. The van der Waals surface area contributed by atoms with E-state index in [-0.39, 0.29) is 0 Å². The van der Waals surface area contributed by atoms with E-state index in [1.807, 2.05) is 24.2 Å². The van der Waals surface area contributed by atoms with Crippen LogP contribution in [0.2, 0.25) is 0 Å². The van der Waals surface area contributed by atoms with E-state index >= 15 is 0 Å². The third kappa shape index (κ3) is 4.43. The van der Waals surface area contributed by atoms with Gasteiger partial charge < -0.3 is 9.64 Å². The third-order valence-corrected chi connectivity index (χ3v) is 15.7. The molecule has 5 aliphatic rings. The molecule has 0 saturated carbocycles. The van der Waals surface area contributed by atoms with E-state index < -0.39 is 10.8 Å². The van der Waals surface area contributed by atoms with E-state index in [4.69, 9.17) is 14.7 Å². The predicted molar refractivity (Wildman–Crippen MR) is 260 cm³/mol. The average molecular weight is 846 g/mol. The van der Waals surface area contributed by atoms with Crippen molar-refractivity contribution in [1.29, 1.82) is 0 Å². The molecule has 15 rings (SSSR count). The minimum Gasteiger partial charge on any atom is -0.457 e. The Hall–Kier alpha value is -7.99. The Bertz CT molecular complexity index is 3630. The van der Waals surface area contributed by atoms with Gasteiger partial charge in [0.05, 0.1) is 33.6 Å². The molecule has 302 valence electrons. The van der Waals surface area contributed by atoms with Gasteiger partial charge in [-0.1, -0.05) is 145 Å². The molecule has 2 spiro atoms. The van der Waals surface area contributed by atoms with E-state index in [1.165, 1.54) is 65.7 Å². The van der Waals surface area contributed by atoms with Gasteiger partial charge >= 0.3 is 0 Å². The topological polar surface area (TPSA) is 38.3 Å². The molecule has 65 heavy (non-hydrogen) atoms. The molecule has 0 radical (unpaired) electrons. The molecule has 2 aromatic heterocycles. The molecule has 1 unspecified atom stereocenters. The van der Waals surface area contributed by atoms with Crippen LogP contribution in [0.4, 0.5) is 17.1 Å². The quantitative estimate of drug-likeness (QED) is 0.173. The fraction of sp³-hybridized carbons (Fsp3) is 0.0333. The monoisotopic (exact) mass is 845 g/mol. The van der Waals surface area contributed by atoms with Crippen LogP contribution in [0, 0.1) is 0 Å². The maximum Gasteiger partial charge on any atom is 0.132 e. The van der Waals surface area contributed by atoms with Gasteiger partial charge in [-0.05, 0) is 122 Å². The van der Waals surface area contributed by atoms with Crippen LogP contribution in [0.3, 0.4) is 0 Å². The number of anilines is 3. The summed E-state index contributed by atoms with van der Waals surface area (Å²) in [6, 6.07) is 73.4. The summed E-state index contributed by atoms with van der Waals surface area (Å²) < 4.78 is 7.20. The van der Waals surface area contributed by atoms with Crippen LogP contribution >= 0.6 is 11.8 Å². The highest BCUT2D eigenvalue weighted by Crippen LogP contribution is 2.67. The molecule has 3 aliphatic carbocycles. The zero-order chi connectivity index (χ0) is 42.4. The van der Waals surface area contributed by atoms with E-state index in [1.54, 1.807) is 0 Å². The number of nitrogens with zero attached hydrogens (tertiary/aromatic N) is 3. The van der Waals surface area contributed by atoms with Gasteiger partial charge in [-0.2, -0.15) is 0 Å². The van der Waals surface area contributed by atoms with Crippen LogP contribution in [0.15, 0.2) is 222 Å². The molecule has 2 aliphatic heterocycles. The fourth-order valence-corrected chi connectivity index (χ4v) is 13.2. The average Bonchev–Trinajstić information content (AvgIpc) is 3.95. The third-order valence-electron chi connectivity index (χ3n) is 14.6. The van der Waals surface area contributed by atoms with Gasteiger partial charge in [0.1, 0.15) is 11.5 Å². The zero-order valence-corrected chi connectivity index (χ0v) is 35.7. The lowest BCUT2D eigenvalue weighted by Crippen LogP contribution is -2.33. The Morgan fingerprint density at radius 1 is 0.385 bits per heavy atom. The number of rotatable bonds is 2. The van der Waals surface area contributed by atoms with Crippen molar-refractivity contribution in [3.05, 3.63) is 257 Å². The van der Waals surface area contributed by atoms with Crippen LogP contribution in [-0.4, -0.2) is 9.97 Å². The largest absolute Gasteiger partial charge is 0.457 e. The van der Waals surface area contributed by atoms with Crippen LogP contribution in [0.5, 0.6) is 11.5 Å². The van der Waals surface area contributed by atoms with Crippen molar-refractivity contribution in [3.8, 4) is 56.3 Å². The van der Waals surface area contributed by atoms with Gasteiger partial charge in [-0.3, -0.25) is 9.97 Å². The second-order valence-corrected chi connectivity index (χ2v) is 18.7. The van der Waals surface area contributed by atoms with E-state index in [2.05, 4.69) is 205 Å². The number of aromatic nitrogens is 2. The first-order chi connectivity index (χ1) is 32.2. The lowest BCUT2D eigenvalue weighted by atomic mass is 9.65. The fourth-order valence-electron chi connectivity index (χ4n) is 12.2. The highest BCUT2D eigenvalue weighted by molar-refractivity contribution is 7.99. The molecule has 0 bridgehead atoms. The Morgan fingerprint density at radius 2 is 0.969 bits per heavy atom. The number of pyridine rings is 2. The van der Waals surface area contributed by atoms with Crippen LogP contribution in [0.25, 0.3) is 44.8 Å². The summed E-state index contributed by atoms with van der Waals surface area (Å²) in [6.07, 6.45) is 3.93. The van der Waals surface area contributed by atoms with Gasteiger partial charge in [-0.15, -0.1) is 0 Å². The molecular weight excluding hydrogens is 811 g/mol. The first-order valence-corrected chi connectivity index (χ1v) is 23.0. The number of fused-ring (bicyclic) bond motifs is 21. The van der Waals surface area contributed by atoms with Crippen molar-refractivity contribution >= 4 is 28.8 Å². The zero-order valence-electron chi connectivity index (χ0n) is 34.9. The summed E-state index contributed by atoms with van der Waals surface area (Å²) in [5.41, 5.74) is 20.7. The summed E-state index contributed by atoms with van der Waals surface area (Å²) in [5.74, 6) is 1.69. The lowest BCUT2D eigenvalue weighted by molar-refractivity contribution is 0.435. The Labute approximate surface area is 380 Å². The molecular formula is C60H35N3OS. The van der Waals surface area contributed by atoms with Crippen molar-refractivity contribution in [2.24, 2.45) is 0 Å². The molecule has 0 saturated heterocycles. The number of ether oxygens (including phenoxy) is 1. The highest BCUT2D eigenvalue weighted by Gasteiger charge is 2.56. The van der Waals surface area contributed by atoms with E-state index in [0.29, 0.717) is 0 Å². The standard InChI is InChI=1S/C60H35N3OS/c1-4-20-43-39(17-1)40-18-2-5-21-44(40)59(43)45-22-6-3-19-41(45)42-33-49-54(34-48(42)59)64-53-27-10-7-23-46(53)60(49)47-24-14-30-61-57(47)58-50(60)32-37(35-62-58)36-15-13-16-38(31-36)63-51-25-8-11-28-55(51)65-56-29-12-9-26-52(56)63/h1-35H. The van der Waals surface area contributed by atoms with Crippen molar-refractivity contribution in [1.82, 2.24) is 9.97 Å². The molecule has 5 heteroatoms. The Kier molecular flexibility index (Phi) is 6.99. The number of hydrogen-bond acceptors (Lipinski definition) is 5. The molecule has 0 N–H and O–H groups in total. The van der Waals surface area contributed by atoms with Crippen LogP contribution in [0.1, 0.15) is 44.5 Å². The van der Waals surface area contributed by atoms with Gasteiger partial charge in [0.2, 0.25) is 0 Å². The predicted octanol–water partition coefficient (Wildman–Crippen LogP) is 14.9. The molecule has 4 nitrogen and oxygen atoms in total. The molecule has 4 heterocycles. The lowest BCUT2D eigenvalue weighted by Gasteiger charge is -2.40. The molecule has 8 aromatic carbocycles. The SMILES string of the molecule is c1cc(-c2cnc3c(c2)C2(c4ccccc4Oc4cc5c(cc42)-c2ccccc2C52c4ccccc4-c4ccccc42)c2cccnc2-3)cc(N2c3ccccc3Sc3ccccc32)c1. The van der Waals surface area contributed by atoms with Crippen LogP contribution in [-0.2, 0) is 10.8 Å². The molecule has 0 amide bonds. The van der Waals surface area contributed by atoms with E-state index in [0.717, 1.165) is 62.0 Å². The number of benzene rings is 8. The minimum atomic E-state index is -0.767. The Balaban J connectivity index is 0.981. The molecule has 10 aromatic rings. The molecule has 1 atom stereocenters. The maximum absolute atomic E-state index is 7.20. The van der Waals surface area contributed by atoms with Crippen molar-refractivity contribution in [2.45, 2.75) is 20.6 Å². The summed E-state index contributed by atoms with van der Waals surface area (Å²) >= 11 is 1.83. The maximum atomic E-state index is 7.20. The van der Waals surface area contributed by atoms with E-state index in [9.17, 15) is 0 Å². The van der Waals surface area contributed by atoms with Crippen LogP contribution < -0.4 is 9.64 Å². The second kappa shape index (κ2) is 12.8. The summed E-state index contributed by atoms with van der Waals surface area (Å²) in [4.78, 5) is 15.4. The first kappa shape index (κ1) is 35.5. The first-order valence-electron chi connectivity index (χ1n) is 22.2. The van der Waals surface area contributed by atoms with Crippen molar-refractivity contribution < 1.29 is 4.74 Å². The number of hydrogen-bond donors (Lipinski definition) is 0. The number of para-hydroxylation sites is 3. The summed E-state index contributed by atoms with van der Waals surface area (Å²) in [7, 11) is 0. The van der Waals surface area contributed by atoms with Crippen molar-refractivity contribution in [3.63, 3.8) is 0 Å². The summed E-state index contributed by atoms with van der Waals surface area (Å²) in [6.45, 7) is 0. The van der Waals surface area contributed by atoms with Gasteiger partial charge in [0.25, 0.3) is 0 Å². The Morgan fingerprint density at radius 3 is 1.69 bits per heavy atom. The van der Waals surface area contributed by atoms with Gasteiger partial charge in [0, 0.05) is 50.1 Å². The van der Waals surface area contributed by atoms with Gasteiger partial charge in [-0.25, -0.2) is 0 Å². The van der Waals surface area contributed by atoms with Crippen molar-refractivity contribution in [2.75, 3.05) is 4.90 Å². The van der Waals surface area contributed by atoms with Gasteiger partial charge in [0.15, 0.2) is 0 Å². The highest BCUT2D eigenvalue weighted by atomic mass is 32.2. The smallest absolute Gasteiger partial charge is 0.132 e. The second-order valence-electron chi connectivity index (χ2n) is 17.6. The molecule has 0 fully saturated rings. The minimum absolute atomic E-state index is 0.498.